The van der Waals surface area contributed by atoms with E-state index in [9.17, 15) is 9.59 Å². The highest BCUT2D eigenvalue weighted by Crippen LogP contribution is 2.27. The summed E-state index contributed by atoms with van der Waals surface area (Å²) < 4.78 is 1.64. The van der Waals surface area contributed by atoms with Crippen LogP contribution >= 0.6 is 23.2 Å². The number of anilines is 1. The van der Waals surface area contributed by atoms with E-state index in [1.165, 1.54) is 0 Å². The molecule has 2 amide bonds. The highest BCUT2D eigenvalue weighted by molar-refractivity contribution is 6.42. The summed E-state index contributed by atoms with van der Waals surface area (Å²) in [6.45, 7) is 3.36. The Balaban J connectivity index is 1.71. The molecule has 1 aliphatic heterocycles. The van der Waals surface area contributed by atoms with E-state index in [4.69, 9.17) is 23.2 Å². The molecule has 1 fully saturated rings. The number of likely N-dealkylation sites (tertiary alicyclic amines) is 1. The van der Waals surface area contributed by atoms with Gasteiger partial charge < -0.3 is 10.2 Å². The topological polar surface area (TPSA) is 67.2 Å². The first-order valence-electron chi connectivity index (χ1n) is 8.03. The molecule has 1 atom stereocenters. The molecule has 1 aromatic carbocycles. The van der Waals surface area contributed by atoms with Gasteiger partial charge in [0.15, 0.2) is 0 Å². The Morgan fingerprint density at radius 2 is 2.16 bits per heavy atom. The quantitative estimate of drug-likeness (QED) is 0.866. The predicted molar refractivity (Wildman–Crippen MR) is 96.8 cm³/mol. The minimum Gasteiger partial charge on any atom is -0.342 e. The number of nitrogens with zero attached hydrogens (tertiary/aromatic N) is 3. The second-order valence-electron chi connectivity index (χ2n) is 5.91. The third kappa shape index (κ3) is 3.80. The average molecular weight is 381 g/mol. The lowest BCUT2D eigenvalue weighted by Crippen LogP contribution is -2.28. The second-order valence-corrected chi connectivity index (χ2v) is 6.69. The fraction of sp³-hybridized carbons (Fsp3) is 0.353. The Bertz CT molecular complexity index is 806. The summed E-state index contributed by atoms with van der Waals surface area (Å²) >= 11 is 12.3. The number of amides is 2. The van der Waals surface area contributed by atoms with E-state index in [-0.39, 0.29) is 24.2 Å². The van der Waals surface area contributed by atoms with Gasteiger partial charge in [-0.3, -0.25) is 9.59 Å². The van der Waals surface area contributed by atoms with Crippen molar-refractivity contribution in [1.82, 2.24) is 14.7 Å². The van der Waals surface area contributed by atoms with Crippen molar-refractivity contribution in [1.29, 1.82) is 0 Å². The second kappa shape index (κ2) is 7.45. The summed E-state index contributed by atoms with van der Waals surface area (Å²) in [5, 5.41) is 8.03. The van der Waals surface area contributed by atoms with Gasteiger partial charge in [0, 0.05) is 25.6 Å². The molecule has 3 rings (SSSR count). The van der Waals surface area contributed by atoms with Crippen LogP contribution in [-0.4, -0.2) is 39.6 Å². The predicted octanol–water partition coefficient (Wildman–Crippen LogP) is 3.05. The van der Waals surface area contributed by atoms with Gasteiger partial charge in [0.25, 0.3) is 0 Å². The molecular weight excluding hydrogens is 363 g/mol. The molecule has 0 radical (unpaired) electrons. The molecule has 0 bridgehead atoms. The monoisotopic (exact) mass is 380 g/mol. The molecule has 0 saturated carbocycles. The van der Waals surface area contributed by atoms with Crippen LogP contribution in [-0.2, 0) is 16.1 Å². The Hall–Kier alpha value is -2.05. The zero-order chi connectivity index (χ0) is 18.0. The lowest BCUT2D eigenvalue weighted by Gasteiger charge is -2.14. The number of hydrogen-bond acceptors (Lipinski definition) is 3. The van der Waals surface area contributed by atoms with Crippen molar-refractivity contribution in [3.63, 3.8) is 0 Å². The average Bonchev–Trinajstić information content (AvgIpc) is 3.18. The van der Waals surface area contributed by atoms with Crippen LogP contribution in [0.2, 0.25) is 10.0 Å². The van der Waals surface area contributed by atoms with Crippen molar-refractivity contribution < 1.29 is 9.59 Å². The van der Waals surface area contributed by atoms with Crippen LogP contribution in [0.25, 0.3) is 0 Å². The summed E-state index contributed by atoms with van der Waals surface area (Å²) in [6, 6.07) is 7.10. The molecule has 1 N–H and O–H groups in total. The minimum atomic E-state index is -0.342. The van der Waals surface area contributed by atoms with Crippen molar-refractivity contribution in [2.45, 2.75) is 19.9 Å². The smallest absolute Gasteiger partial charge is 0.230 e. The maximum absolute atomic E-state index is 12.5. The van der Waals surface area contributed by atoms with Gasteiger partial charge in [-0.2, -0.15) is 5.10 Å². The molecule has 2 heterocycles. The molecule has 1 aromatic heterocycles. The standard InChI is InChI=1S/C17H18Cl2N4O2/c1-2-22-9-12(8-15(22)24)17(25)21-14-6-7-20-23(14)10-11-4-3-5-13(18)16(11)19/h3-7,12H,2,8-10H2,1H3,(H,21,25). The number of aromatic nitrogens is 2. The van der Waals surface area contributed by atoms with Crippen molar-refractivity contribution in [2.24, 2.45) is 5.92 Å². The maximum Gasteiger partial charge on any atom is 0.230 e. The van der Waals surface area contributed by atoms with Gasteiger partial charge in [-0.1, -0.05) is 35.3 Å². The summed E-state index contributed by atoms with van der Waals surface area (Å²) in [5.74, 6) is 0.0547. The molecule has 1 aliphatic rings. The van der Waals surface area contributed by atoms with Crippen molar-refractivity contribution >= 4 is 40.8 Å². The van der Waals surface area contributed by atoms with Gasteiger partial charge in [-0.15, -0.1) is 0 Å². The fourth-order valence-electron chi connectivity index (χ4n) is 2.88. The van der Waals surface area contributed by atoms with Gasteiger partial charge in [0.05, 0.1) is 28.7 Å². The maximum atomic E-state index is 12.5. The van der Waals surface area contributed by atoms with Crippen LogP contribution in [0.3, 0.4) is 0 Å². The van der Waals surface area contributed by atoms with Crippen LogP contribution in [0.1, 0.15) is 18.9 Å². The van der Waals surface area contributed by atoms with Crippen LogP contribution < -0.4 is 5.32 Å². The third-order valence-corrected chi connectivity index (χ3v) is 5.14. The van der Waals surface area contributed by atoms with Crippen LogP contribution in [0.4, 0.5) is 5.82 Å². The zero-order valence-corrected chi connectivity index (χ0v) is 15.2. The summed E-state index contributed by atoms with van der Waals surface area (Å²) in [6.07, 6.45) is 1.85. The number of rotatable bonds is 5. The normalized spacial score (nSPS) is 17.2. The SMILES string of the molecule is CCN1CC(C(=O)Nc2ccnn2Cc2cccc(Cl)c2Cl)CC1=O. The summed E-state index contributed by atoms with van der Waals surface area (Å²) in [5.41, 5.74) is 0.807. The van der Waals surface area contributed by atoms with E-state index in [1.54, 1.807) is 27.9 Å². The van der Waals surface area contributed by atoms with Gasteiger partial charge in [-0.05, 0) is 18.6 Å². The van der Waals surface area contributed by atoms with Gasteiger partial charge in [0.1, 0.15) is 5.82 Å². The lowest BCUT2D eigenvalue weighted by atomic mass is 10.1. The first-order chi connectivity index (χ1) is 12.0. The van der Waals surface area contributed by atoms with Crippen molar-refractivity contribution in [3.8, 4) is 0 Å². The van der Waals surface area contributed by atoms with Crippen molar-refractivity contribution in [2.75, 3.05) is 18.4 Å². The number of halogens is 2. The third-order valence-electron chi connectivity index (χ3n) is 4.29. The first kappa shape index (κ1) is 17.8. The van der Waals surface area contributed by atoms with Crippen molar-refractivity contribution in [3.05, 3.63) is 46.1 Å². The number of carbonyl (C=O) groups is 2. The summed E-state index contributed by atoms with van der Waals surface area (Å²) in [7, 11) is 0. The van der Waals surface area contributed by atoms with Gasteiger partial charge in [-0.25, -0.2) is 4.68 Å². The van der Waals surface area contributed by atoms with E-state index >= 15 is 0 Å². The summed E-state index contributed by atoms with van der Waals surface area (Å²) in [4.78, 5) is 26.0. The van der Waals surface area contributed by atoms with Gasteiger partial charge in [0.2, 0.25) is 11.8 Å². The Kier molecular flexibility index (Phi) is 5.30. The molecule has 1 saturated heterocycles. The van der Waals surface area contributed by atoms with Gasteiger partial charge >= 0.3 is 0 Å². The Labute approximate surface area is 155 Å². The largest absolute Gasteiger partial charge is 0.342 e. The van der Waals surface area contributed by atoms with Crippen LogP contribution in [0.5, 0.6) is 0 Å². The zero-order valence-electron chi connectivity index (χ0n) is 13.7. The molecule has 8 heteroatoms. The molecule has 25 heavy (non-hydrogen) atoms. The number of hydrogen-bond donors (Lipinski definition) is 1. The van der Waals surface area contributed by atoms with E-state index in [0.29, 0.717) is 35.5 Å². The van der Waals surface area contributed by atoms with E-state index in [2.05, 4.69) is 10.4 Å². The molecule has 1 unspecified atom stereocenters. The Morgan fingerprint density at radius 3 is 2.88 bits per heavy atom. The lowest BCUT2D eigenvalue weighted by molar-refractivity contribution is -0.128. The number of nitrogens with one attached hydrogen (secondary N) is 1. The van der Waals surface area contributed by atoms with Crippen LogP contribution in [0, 0.1) is 5.92 Å². The fourth-order valence-corrected chi connectivity index (χ4v) is 3.26. The minimum absolute atomic E-state index is 0.0156. The van der Waals surface area contributed by atoms with E-state index < -0.39 is 0 Å². The highest BCUT2D eigenvalue weighted by atomic mass is 35.5. The van der Waals surface area contributed by atoms with E-state index in [0.717, 1.165) is 5.56 Å². The van der Waals surface area contributed by atoms with Crippen LogP contribution in [0.15, 0.2) is 30.5 Å². The Morgan fingerprint density at radius 1 is 1.36 bits per heavy atom. The number of benzene rings is 1. The molecule has 6 nitrogen and oxygen atoms in total. The molecule has 132 valence electrons. The van der Waals surface area contributed by atoms with E-state index in [1.807, 2.05) is 19.1 Å². The molecule has 2 aromatic rings. The molecule has 0 spiro atoms. The highest BCUT2D eigenvalue weighted by Gasteiger charge is 2.33. The molecule has 0 aliphatic carbocycles. The first-order valence-corrected chi connectivity index (χ1v) is 8.78. The molecular formula is C17H18Cl2N4O2. The number of carbonyl (C=O) groups excluding carboxylic acids is 2.